The molecule has 2 bridgehead atoms. The zero-order chi connectivity index (χ0) is 27.0. The SMILES string of the molecule is Cc1ccc(NC(=O)CCN2C(=O)[C@H]3[C@H](C2=O)C2(Cl)c4ccccc4C3(Cl)c3ccccc32)cc1[N+](=O)[O-]. The van der Waals surface area contributed by atoms with Crippen LogP contribution >= 0.6 is 23.2 Å². The largest absolute Gasteiger partial charge is 0.326 e. The zero-order valence-corrected chi connectivity index (χ0v) is 21.6. The summed E-state index contributed by atoms with van der Waals surface area (Å²) in [7, 11) is 0. The van der Waals surface area contributed by atoms with Crippen LogP contribution in [0.5, 0.6) is 0 Å². The van der Waals surface area contributed by atoms with Crippen LogP contribution in [0.2, 0.25) is 0 Å². The van der Waals surface area contributed by atoms with Gasteiger partial charge in [-0.05, 0) is 35.2 Å². The van der Waals surface area contributed by atoms with Gasteiger partial charge in [-0.15, -0.1) is 23.2 Å². The van der Waals surface area contributed by atoms with Crippen molar-refractivity contribution in [3.8, 4) is 0 Å². The van der Waals surface area contributed by atoms with Crippen LogP contribution in [0.4, 0.5) is 11.4 Å². The molecule has 192 valence electrons. The van der Waals surface area contributed by atoms with E-state index in [-0.39, 0.29) is 24.3 Å². The molecular weight excluding hydrogens is 529 g/mol. The Morgan fingerprint density at radius 3 is 1.84 bits per heavy atom. The number of carbonyl (C=O) groups is 3. The van der Waals surface area contributed by atoms with E-state index in [1.807, 2.05) is 48.5 Å². The topological polar surface area (TPSA) is 110 Å². The molecule has 4 aliphatic rings. The van der Waals surface area contributed by atoms with E-state index < -0.39 is 44.2 Å². The maximum absolute atomic E-state index is 13.8. The third kappa shape index (κ3) is 3.13. The van der Waals surface area contributed by atoms with Crippen molar-refractivity contribution >= 4 is 52.3 Å². The van der Waals surface area contributed by atoms with Gasteiger partial charge < -0.3 is 5.32 Å². The van der Waals surface area contributed by atoms with E-state index in [4.69, 9.17) is 23.2 Å². The molecule has 0 spiro atoms. The Morgan fingerprint density at radius 2 is 1.39 bits per heavy atom. The highest BCUT2D eigenvalue weighted by Gasteiger charge is 2.72. The third-order valence-corrected chi connectivity index (χ3v) is 9.21. The van der Waals surface area contributed by atoms with Gasteiger partial charge in [-0.1, -0.05) is 54.6 Å². The molecule has 1 saturated heterocycles. The molecule has 1 fully saturated rings. The molecule has 0 unspecified atom stereocenters. The Balaban J connectivity index is 1.30. The molecule has 1 heterocycles. The highest BCUT2D eigenvalue weighted by atomic mass is 35.5. The Hall–Kier alpha value is -3.75. The molecule has 2 atom stereocenters. The minimum Gasteiger partial charge on any atom is -0.326 e. The zero-order valence-electron chi connectivity index (χ0n) is 20.1. The lowest BCUT2D eigenvalue weighted by Gasteiger charge is -2.54. The normalized spacial score (nSPS) is 26.6. The summed E-state index contributed by atoms with van der Waals surface area (Å²) in [5, 5.41) is 13.8. The fourth-order valence-corrected chi connectivity index (χ4v) is 7.36. The second kappa shape index (κ2) is 8.38. The van der Waals surface area contributed by atoms with Gasteiger partial charge in [0.15, 0.2) is 0 Å². The first-order valence-electron chi connectivity index (χ1n) is 12.1. The number of imide groups is 1. The molecule has 7 rings (SSSR count). The number of aryl methyl sites for hydroxylation is 1. The van der Waals surface area contributed by atoms with Crippen molar-refractivity contribution in [2.45, 2.75) is 23.1 Å². The summed E-state index contributed by atoms with van der Waals surface area (Å²) in [5.74, 6) is -3.29. The first kappa shape index (κ1) is 24.6. The highest BCUT2D eigenvalue weighted by Crippen LogP contribution is 2.69. The monoisotopic (exact) mass is 549 g/mol. The average molecular weight is 550 g/mol. The standard InChI is InChI=1S/C28H21Cl2N3O5/c1-15-10-11-16(14-21(15)33(37)38)31-22(34)12-13-32-25(35)23-24(26(32)36)28(30)18-7-3-2-6-17(18)27(23,29)19-8-4-5-9-20(19)28/h2-11,14,23-24H,12-13H2,1H3,(H,31,34)/t23-,24-,27?,28?/m1/s1. The predicted molar refractivity (Wildman–Crippen MR) is 141 cm³/mol. The fraction of sp³-hybridized carbons (Fsp3) is 0.250. The minimum atomic E-state index is -1.28. The van der Waals surface area contributed by atoms with Gasteiger partial charge in [0.1, 0.15) is 9.75 Å². The van der Waals surface area contributed by atoms with Gasteiger partial charge in [0.25, 0.3) is 5.69 Å². The summed E-state index contributed by atoms with van der Waals surface area (Å²) in [6.07, 6.45) is -0.191. The number of hydrogen-bond acceptors (Lipinski definition) is 5. The molecule has 3 aromatic carbocycles. The number of nitrogens with zero attached hydrogens (tertiary/aromatic N) is 2. The van der Waals surface area contributed by atoms with Crippen LogP contribution in [0.1, 0.15) is 34.2 Å². The molecule has 8 nitrogen and oxygen atoms in total. The molecule has 10 heteroatoms. The van der Waals surface area contributed by atoms with Crippen molar-refractivity contribution in [2.24, 2.45) is 11.8 Å². The van der Waals surface area contributed by atoms with E-state index in [0.29, 0.717) is 27.8 Å². The summed E-state index contributed by atoms with van der Waals surface area (Å²) in [5.41, 5.74) is 3.42. The van der Waals surface area contributed by atoms with Crippen LogP contribution in [-0.2, 0) is 24.1 Å². The summed E-state index contributed by atoms with van der Waals surface area (Å²) >= 11 is 14.8. The number of anilines is 1. The van der Waals surface area contributed by atoms with Gasteiger partial charge in [0, 0.05) is 30.3 Å². The number of nitro benzene ring substituents is 1. The van der Waals surface area contributed by atoms with Crippen LogP contribution in [-0.4, -0.2) is 34.1 Å². The van der Waals surface area contributed by atoms with Crippen LogP contribution in [0.15, 0.2) is 66.7 Å². The molecule has 3 amide bonds. The van der Waals surface area contributed by atoms with Gasteiger partial charge in [0.2, 0.25) is 17.7 Å². The molecule has 38 heavy (non-hydrogen) atoms. The van der Waals surface area contributed by atoms with Crippen molar-refractivity contribution in [3.63, 3.8) is 0 Å². The Kier molecular flexibility index (Phi) is 5.42. The van der Waals surface area contributed by atoms with E-state index in [1.54, 1.807) is 13.0 Å². The number of hydrogen-bond donors (Lipinski definition) is 1. The lowest BCUT2D eigenvalue weighted by Crippen LogP contribution is -2.57. The van der Waals surface area contributed by atoms with Crippen molar-refractivity contribution in [1.82, 2.24) is 4.90 Å². The molecule has 0 saturated carbocycles. The van der Waals surface area contributed by atoms with E-state index in [0.717, 1.165) is 4.90 Å². The Labute approximate surface area is 227 Å². The number of benzene rings is 3. The van der Waals surface area contributed by atoms with Crippen LogP contribution < -0.4 is 5.32 Å². The minimum absolute atomic E-state index is 0.119. The predicted octanol–water partition coefficient (Wildman–Crippen LogP) is 4.83. The molecule has 3 aliphatic carbocycles. The first-order valence-corrected chi connectivity index (χ1v) is 12.8. The number of nitro groups is 1. The van der Waals surface area contributed by atoms with Crippen molar-refractivity contribution in [3.05, 3.63) is 105 Å². The number of alkyl halides is 2. The second-order valence-electron chi connectivity index (χ2n) is 9.85. The Morgan fingerprint density at radius 1 is 0.921 bits per heavy atom. The number of likely N-dealkylation sites (tertiary alicyclic amines) is 1. The summed E-state index contributed by atoms with van der Waals surface area (Å²) < 4.78 is 0. The molecule has 0 aromatic heterocycles. The quantitative estimate of drug-likeness (QED) is 0.212. The fourth-order valence-electron chi connectivity index (χ4n) is 6.27. The van der Waals surface area contributed by atoms with Gasteiger partial charge in [-0.25, -0.2) is 0 Å². The van der Waals surface area contributed by atoms with Crippen LogP contribution in [0.25, 0.3) is 0 Å². The number of nitrogens with one attached hydrogen (secondary N) is 1. The van der Waals surface area contributed by atoms with Gasteiger partial charge in [0.05, 0.1) is 16.8 Å². The summed E-state index contributed by atoms with van der Waals surface area (Å²) in [6, 6.07) is 19.1. The van der Waals surface area contributed by atoms with Crippen LogP contribution in [0.3, 0.4) is 0 Å². The molecule has 3 aromatic rings. The average Bonchev–Trinajstić information content (AvgIpc) is 3.17. The molecule has 1 N–H and O–H groups in total. The smallest absolute Gasteiger partial charge is 0.274 e. The second-order valence-corrected chi connectivity index (χ2v) is 11.0. The van der Waals surface area contributed by atoms with Gasteiger partial charge in [-0.3, -0.25) is 29.4 Å². The van der Waals surface area contributed by atoms with Crippen molar-refractivity contribution in [1.29, 1.82) is 0 Å². The highest BCUT2D eigenvalue weighted by molar-refractivity contribution is 6.36. The molecular formula is C28H21Cl2N3O5. The lowest BCUT2D eigenvalue weighted by molar-refractivity contribution is -0.385. The van der Waals surface area contributed by atoms with E-state index in [2.05, 4.69) is 5.32 Å². The molecule has 0 radical (unpaired) electrons. The first-order chi connectivity index (χ1) is 18.1. The van der Waals surface area contributed by atoms with E-state index in [9.17, 15) is 24.5 Å². The van der Waals surface area contributed by atoms with Crippen molar-refractivity contribution < 1.29 is 19.3 Å². The Bertz CT molecular complexity index is 1450. The molecule has 1 aliphatic heterocycles. The number of rotatable bonds is 5. The number of halogens is 2. The van der Waals surface area contributed by atoms with Gasteiger partial charge >= 0.3 is 0 Å². The van der Waals surface area contributed by atoms with Gasteiger partial charge in [-0.2, -0.15) is 0 Å². The van der Waals surface area contributed by atoms with E-state index >= 15 is 0 Å². The maximum atomic E-state index is 13.8. The van der Waals surface area contributed by atoms with Crippen molar-refractivity contribution in [2.75, 3.05) is 11.9 Å². The maximum Gasteiger partial charge on any atom is 0.274 e. The van der Waals surface area contributed by atoms with Crippen LogP contribution in [0, 0.1) is 28.9 Å². The number of carbonyl (C=O) groups excluding carboxylic acids is 3. The third-order valence-electron chi connectivity index (χ3n) is 7.93. The van der Waals surface area contributed by atoms with E-state index in [1.165, 1.54) is 12.1 Å². The number of amides is 3. The lowest BCUT2D eigenvalue weighted by atomic mass is 9.54. The summed E-state index contributed by atoms with van der Waals surface area (Å²) in [4.78, 5) is 49.5. The summed E-state index contributed by atoms with van der Waals surface area (Å²) in [6.45, 7) is 1.43.